The Hall–Kier alpha value is -1.72. The SMILES string of the molecule is Cc1nc(C2CCCC2)sc1C(=O)NC(C)C(O)Cc1ccccc1. The molecule has 25 heavy (non-hydrogen) atoms. The number of hydrogen-bond acceptors (Lipinski definition) is 4. The average Bonchev–Trinajstić information content (AvgIpc) is 3.25. The first-order valence-corrected chi connectivity index (χ1v) is 9.86. The third kappa shape index (κ3) is 4.47. The van der Waals surface area contributed by atoms with E-state index < -0.39 is 6.10 Å². The number of benzene rings is 1. The number of aromatic nitrogens is 1. The molecule has 3 rings (SSSR count). The van der Waals surface area contributed by atoms with Crippen molar-refractivity contribution >= 4 is 17.2 Å². The number of aryl methyl sites for hydroxylation is 1. The van der Waals surface area contributed by atoms with Crippen LogP contribution in [0.1, 0.15) is 64.5 Å². The lowest BCUT2D eigenvalue weighted by Gasteiger charge is -2.20. The molecule has 0 aliphatic heterocycles. The Morgan fingerprint density at radius 3 is 2.68 bits per heavy atom. The van der Waals surface area contributed by atoms with Crippen molar-refractivity contribution in [1.29, 1.82) is 0 Å². The van der Waals surface area contributed by atoms with Gasteiger partial charge in [-0.2, -0.15) is 0 Å². The van der Waals surface area contributed by atoms with Crippen LogP contribution in [0.5, 0.6) is 0 Å². The number of nitrogens with one attached hydrogen (secondary N) is 1. The van der Waals surface area contributed by atoms with Gasteiger partial charge in [0.25, 0.3) is 5.91 Å². The lowest BCUT2D eigenvalue weighted by atomic mass is 10.0. The van der Waals surface area contributed by atoms with Crippen LogP contribution >= 0.6 is 11.3 Å². The fourth-order valence-corrected chi connectivity index (χ4v) is 4.52. The highest BCUT2D eigenvalue weighted by Crippen LogP contribution is 2.37. The van der Waals surface area contributed by atoms with Crippen molar-refractivity contribution in [1.82, 2.24) is 10.3 Å². The third-order valence-corrected chi connectivity index (χ3v) is 6.27. The van der Waals surface area contributed by atoms with Crippen LogP contribution in [0.25, 0.3) is 0 Å². The second-order valence-corrected chi connectivity index (χ2v) is 8.00. The van der Waals surface area contributed by atoms with E-state index in [1.54, 1.807) is 0 Å². The van der Waals surface area contributed by atoms with E-state index in [1.165, 1.54) is 37.0 Å². The van der Waals surface area contributed by atoms with Crippen LogP contribution < -0.4 is 5.32 Å². The Bertz CT molecular complexity index is 708. The maximum atomic E-state index is 12.6. The molecule has 2 atom stereocenters. The van der Waals surface area contributed by atoms with Crippen LogP contribution in [-0.2, 0) is 6.42 Å². The van der Waals surface area contributed by atoms with E-state index in [0.717, 1.165) is 16.3 Å². The zero-order valence-corrected chi connectivity index (χ0v) is 15.7. The van der Waals surface area contributed by atoms with Crippen molar-refractivity contribution in [3.8, 4) is 0 Å². The molecule has 1 heterocycles. The molecule has 0 radical (unpaired) electrons. The predicted molar refractivity (Wildman–Crippen MR) is 101 cm³/mol. The molecule has 4 nitrogen and oxygen atoms in total. The molecule has 1 aliphatic rings. The van der Waals surface area contributed by atoms with Gasteiger partial charge >= 0.3 is 0 Å². The number of aliphatic hydroxyl groups excluding tert-OH is 1. The summed E-state index contributed by atoms with van der Waals surface area (Å²) >= 11 is 1.52. The van der Waals surface area contributed by atoms with E-state index in [4.69, 9.17) is 0 Å². The largest absolute Gasteiger partial charge is 0.391 e. The van der Waals surface area contributed by atoms with Gasteiger partial charge in [0.15, 0.2) is 0 Å². The summed E-state index contributed by atoms with van der Waals surface area (Å²) in [4.78, 5) is 17.9. The van der Waals surface area contributed by atoms with E-state index in [9.17, 15) is 9.90 Å². The number of carbonyl (C=O) groups excluding carboxylic acids is 1. The lowest BCUT2D eigenvalue weighted by Crippen LogP contribution is -2.42. The predicted octanol–water partition coefficient (Wildman–Crippen LogP) is 3.83. The molecule has 2 unspecified atom stereocenters. The van der Waals surface area contributed by atoms with Crippen LogP contribution in [0.3, 0.4) is 0 Å². The molecule has 2 N–H and O–H groups in total. The summed E-state index contributed by atoms with van der Waals surface area (Å²) in [7, 11) is 0. The first-order valence-electron chi connectivity index (χ1n) is 9.04. The number of amides is 1. The summed E-state index contributed by atoms with van der Waals surface area (Å²) in [5.74, 6) is 0.394. The third-order valence-electron chi connectivity index (χ3n) is 4.95. The van der Waals surface area contributed by atoms with Crippen LogP contribution in [0.2, 0.25) is 0 Å². The Kier molecular flexibility index (Phi) is 5.86. The molecule has 5 heteroatoms. The van der Waals surface area contributed by atoms with Gasteiger partial charge in [0, 0.05) is 12.3 Å². The van der Waals surface area contributed by atoms with Gasteiger partial charge in [0.05, 0.1) is 22.8 Å². The standard InChI is InChI=1S/C20H26N2O2S/c1-13(17(23)12-15-8-4-3-5-9-15)21-19(24)18-14(2)22-20(25-18)16-10-6-7-11-16/h3-5,8-9,13,16-17,23H,6-7,10-12H2,1-2H3,(H,21,24). The zero-order valence-electron chi connectivity index (χ0n) is 14.9. The van der Waals surface area contributed by atoms with Crippen molar-refractivity contribution in [2.75, 3.05) is 0 Å². The summed E-state index contributed by atoms with van der Waals surface area (Å²) in [6, 6.07) is 9.52. The maximum absolute atomic E-state index is 12.6. The van der Waals surface area contributed by atoms with Crippen molar-refractivity contribution in [2.24, 2.45) is 0 Å². The summed E-state index contributed by atoms with van der Waals surface area (Å²) in [5, 5.41) is 14.4. The molecule has 1 amide bonds. The number of aliphatic hydroxyl groups is 1. The highest BCUT2D eigenvalue weighted by atomic mass is 32.1. The van der Waals surface area contributed by atoms with Crippen molar-refractivity contribution in [3.05, 3.63) is 51.5 Å². The van der Waals surface area contributed by atoms with Gasteiger partial charge < -0.3 is 10.4 Å². The van der Waals surface area contributed by atoms with Gasteiger partial charge in [-0.3, -0.25) is 4.79 Å². The Balaban J connectivity index is 1.61. The van der Waals surface area contributed by atoms with Crippen LogP contribution in [0.15, 0.2) is 30.3 Å². The molecule has 134 valence electrons. The number of hydrogen-bond donors (Lipinski definition) is 2. The molecular formula is C20H26N2O2S. The minimum absolute atomic E-state index is 0.126. The van der Waals surface area contributed by atoms with E-state index in [0.29, 0.717) is 17.2 Å². The average molecular weight is 359 g/mol. The smallest absolute Gasteiger partial charge is 0.263 e. The first kappa shape index (κ1) is 18.1. The highest BCUT2D eigenvalue weighted by Gasteiger charge is 2.25. The molecule has 0 spiro atoms. The second kappa shape index (κ2) is 8.11. The van der Waals surface area contributed by atoms with Gasteiger partial charge in [0.2, 0.25) is 0 Å². The summed E-state index contributed by atoms with van der Waals surface area (Å²) in [6.45, 7) is 3.74. The van der Waals surface area contributed by atoms with E-state index in [2.05, 4.69) is 10.3 Å². The van der Waals surface area contributed by atoms with Gasteiger partial charge in [0.1, 0.15) is 4.88 Å². The minimum atomic E-state index is -0.617. The van der Waals surface area contributed by atoms with Crippen LogP contribution in [0.4, 0.5) is 0 Å². The molecule has 1 aliphatic carbocycles. The van der Waals surface area contributed by atoms with Gasteiger partial charge in [-0.15, -0.1) is 11.3 Å². The maximum Gasteiger partial charge on any atom is 0.263 e. The van der Waals surface area contributed by atoms with Crippen LogP contribution in [-0.4, -0.2) is 28.1 Å². The van der Waals surface area contributed by atoms with Crippen LogP contribution in [0, 0.1) is 6.92 Å². The topological polar surface area (TPSA) is 62.2 Å². The molecular weight excluding hydrogens is 332 g/mol. The number of thiazole rings is 1. The fraction of sp³-hybridized carbons (Fsp3) is 0.500. The Morgan fingerprint density at radius 2 is 2.00 bits per heavy atom. The summed E-state index contributed by atoms with van der Waals surface area (Å²) < 4.78 is 0. The van der Waals surface area contributed by atoms with Gasteiger partial charge in [-0.25, -0.2) is 4.98 Å². The molecule has 1 aromatic carbocycles. The molecule has 1 saturated carbocycles. The van der Waals surface area contributed by atoms with E-state index >= 15 is 0 Å². The highest BCUT2D eigenvalue weighted by molar-refractivity contribution is 7.13. The number of rotatable bonds is 6. The summed E-state index contributed by atoms with van der Waals surface area (Å²) in [5.41, 5.74) is 1.86. The number of carbonyl (C=O) groups is 1. The van der Waals surface area contributed by atoms with Gasteiger partial charge in [-0.1, -0.05) is 43.2 Å². The second-order valence-electron chi connectivity index (χ2n) is 6.97. The van der Waals surface area contributed by atoms with Crippen molar-refractivity contribution in [3.63, 3.8) is 0 Å². The fourth-order valence-electron chi connectivity index (χ4n) is 3.38. The summed E-state index contributed by atoms with van der Waals surface area (Å²) in [6.07, 6.45) is 4.78. The zero-order chi connectivity index (χ0) is 17.8. The van der Waals surface area contributed by atoms with E-state index in [1.807, 2.05) is 44.2 Å². The first-order chi connectivity index (χ1) is 12.0. The van der Waals surface area contributed by atoms with Crippen molar-refractivity contribution in [2.45, 2.75) is 64.0 Å². The molecule has 0 saturated heterocycles. The van der Waals surface area contributed by atoms with Gasteiger partial charge in [-0.05, 0) is 32.3 Å². The Labute approximate surface area is 153 Å². The lowest BCUT2D eigenvalue weighted by molar-refractivity contribution is 0.0855. The number of nitrogens with zero attached hydrogens (tertiary/aromatic N) is 1. The quantitative estimate of drug-likeness (QED) is 0.825. The minimum Gasteiger partial charge on any atom is -0.391 e. The monoisotopic (exact) mass is 358 g/mol. The molecule has 1 fully saturated rings. The molecule has 0 bridgehead atoms. The Morgan fingerprint density at radius 1 is 1.32 bits per heavy atom. The molecule has 2 aromatic rings. The molecule has 1 aromatic heterocycles. The van der Waals surface area contributed by atoms with Crippen molar-refractivity contribution < 1.29 is 9.90 Å². The van der Waals surface area contributed by atoms with E-state index in [-0.39, 0.29) is 11.9 Å². The normalized spacial score (nSPS) is 17.4.